The molecular weight excluding hydrogens is 244 g/mol. The number of carbonyl (C=O) groups excluding carboxylic acids is 2. The van der Waals surface area contributed by atoms with Crippen molar-refractivity contribution in [3.05, 3.63) is 35.4 Å². The maximum Gasteiger partial charge on any atom is 0.261 e. The van der Waals surface area contributed by atoms with Crippen LogP contribution in [0.3, 0.4) is 0 Å². The van der Waals surface area contributed by atoms with Gasteiger partial charge in [0.1, 0.15) is 0 Å². The number of rotatable bonds is 3. The van der Waals surface area contributed by atoms with E-state index in [2.05, 4.69) is 5.32 Å². The van der Waals surface area contributed by atoms with Gasteiger partial charge < -0.3 is 10.1 Å². The molecule has 2 aliphatic rings. The molecule has 1 saturated heterocycles. The van der Waals surface area contributed by atoms with Crippen molar-refractivity contribution in [2.45, 2.75) is 12.5 Å². The number of carbonyl (C=O) groups is 2. The summed E-state index contributed by atoms with van der Waals surface area (Å²) in [6.07, 6.45) is 0.728. The van der Waals surface area contributed by atoms with E-state index in [4.69, 9.17) is 4.74 Å². The summed E-state index contributed by atoms with van der Waals surface area (Å²) >= 11 is 0. The topological polar surface area (TPSA) is 58.6 Å². The van der Waals surface area contributed by atoms with Crippen LogP contribution < -0.4 is 5.32 Å². The lowest BCUT2D eigenvalue weighted by molar-refractivity contribution is 0.0574. The van der Waals surface area contributed by atoms with E-state index < -0.39 is 0 Å². The summed E-state index contributed by atoms with van der Waals surface area (Å²) in [5, 5.41) is 3.32. The largest absolute Gasteiger partial charge is 0.379 e. The Morgan fingerprint density at radius 3 is 2.47 bits per heavy atom. The van der Waals surface area contributed by atoms with Gasteiger partial charge in [-0.05, 0) is 18.6 Å². The quantitative estimate of drug-likeness (QED) is 0.811. The Morgan fingerprint density at radius 1 is 1.21 bits per heavy atom. The van der Waals surface area contributed by atoms with E-state index in [1.807, 2.05) is 0 Å². The fourth-order valence-corrected chi connectivity index (χ4v) is 2.53. The van der Waals surface area contributed by atoms with Crippen molar-refractivity contribution in [3.63, 3.8) is 0 Å². The summed E-state index contributed by atoms with van der Waals surface area (Å²) in [6, 6.07) is 7.20. The first kappa shape index (κ1) is 12.3. The van der Waals surface area contributed by atoms with Crippen LogP contribution in [0.25, 0.3) is 0 Å². The minimum absolute atomic E-state index is 0.183. The smallest absolute Gasteiger partial charge is 0.261 e. The van der Waals surface area contributed by atoms with Gasteiger partial charge in [0.2, 0.25) is 0 Å². The van der Waals surface area contributed by atoms with Crippen LogP contribution in [-0.2, 0) is 4.74 Å². The standard InChI is InChI=1S/C14H16N2O3/c17-13-11-3-1-2-4-12(11)14(18)16(13)7-5-10-9-19-8-6-15-10/h1-4,10,15H,5-9H2. The molecule has 0 aromatic heterocycles. The van der Waals surface area contributed by atoms with Crippen molar-refractivity contribution >= 4 is 11.8 Å². The van der Waals surface area contributed by atoms with Gasteiger partial charge in [-0.3, -0.25) is 14.5 Å². The Morgan fingerprint density at radius 2 is 1.89 bits per heavy atom. The fraction of sp³-hybridized carbons (Fsp3) is 0.429. The molecular formula is C14H16N2O3. The highest BCUT2D eigenvalue weighted by Crippen LogP contribution is 2.22. The third-order valence-electron chi connectivity index (χ3n) is 3.58. The molecule has 1 N–H and O–H groups in total. The molecule has 2 aliphatic heterocycles. The van der Waals surface area contributed by atoms with Crippen LogP contribution >= 0.6 is 0 Å². The van der Waals surface area contributed by atoms with Crippen molar-refractivity contribution in [1.82, 2.24) is 10.2 Å². The van der Waals surface area contributed by atoms with E-state index >= 15 is 0 Å². The van der Waals surface area contributed by atoms with Gasteiger partial charge in [0.15, 0.2) is 0 Å². The van der Waals surface area contributed by atoms with E-state index in [0.717, 1.165) is 19.6 Å². The number of amides is 2. The Labute approximate surface area is 111 Å². The number of fused-ring (bicyclic) bond motifs is 1. The van der Waals surface area contributed by atoms with Crippen molar-refractivity contribution in [2.75, 3.05) is 26.3 Å². The number of hydrogen-bond donors (Lipinski definition) is 1. The molecule has 19 heavy (non-hydrogen) atoms. The zero-order chi connectivity index (χ0) is 13.2. The van der Waals surface area contributed by atoms with E-state index in [-0.39, 0.29) is 17.9 Å². The lowest BCUT2D eigenvalue weighted by Crippen LogP contribution is -2.44. The Hall–Kier alpha value is -1.72. The first-order chi connectivity index (χ1) is 9.27. The minimum Gasteiger partial charge on any atom is -0.379 e. The number of benzene rings is 1. The van der Waals surface area contributed by atoms with Crippen molar-refractivity contribution < 1.29 is 14.3 Å². The van der Waals surface area contributed by atoms with Gasteiger partial charge in [-0.2, -0.15) is 0 Å². The average Bonchev–Trinajstić information content (AvgIpc) is 2.71. The maximum absolute atomic E-state index is 12.1. The van der Waals surface area contributed by atoms with E-state index in [9.17, 15) is 9.59 Å². The number of ether oxygens (including phenoxy) is 1. The fourth-order valence-electron chi connectivity index (χ4n) is 2.53. The minimum atomic E-state index is -0.183. The first-order valence-corrected chi connectivity index (χ1v) is 6.54. The summed E-state index contributed by atoms with van der Waals surface area (Å²) in [7, 11) is 0. The summed E-state index contributed by atoms with van der Waals surface area (Å²) in [5.74, 6) is -0.366. The second-order valence-electron chi connectivity index (χ2n) is 4.82. The highest BCUT2D eigenvalue weighted by Gasteiger charge is 2.35. The van der Waals surface area contributed by atoms with Gasteiger partial charge in [0.05, 0.1) is 24.3 Å². The van der Waals surface area contributed by atoms with Crippen LogP contribution in [0, 0.1) is 0 Å². The van der Waals surface area contributed by atoms with Crippen molar-refractivity contribution in [1.29, 1.82) is 0 Å². The Bertz CT molecular complexity index is 474. The van der Waals surface area contributed by atoms with Crippen LogP contribution in [0.5, 0.6) is 0 Å². The van der Waals surface area contributed by atoms with E-state index in [0.29, 0.717) is 24.3 Å². The molecule has 0 radical (unpaired) electrons. The van der Waals surface area contributed by atoms with Crippen molar-refractivity contribution in [2.24, 2.45) is 0 Å². The number of nitrogens with one attached hydrogen (secondary N) is 1. The predicted molar refractivity (Wildman–Crippen MR) is 69.0 cm³/mol. The molecule has 0 spiro atoms. The summed E-state index contributed by atoms with van der Waals surface area (Å²) in [6.45, 7) is 2.63. The third-order valence-corrected chi connectivity index (χ3v) is 3.58. The molecule has 2 heterocycles. The third kappa shape index (κ3) is 2.27. The zero-order valence-electron chi connectivity index (χ0n) is 10.6. The molecule has 5 nitrogen and oxygen atoms in total. The number of imide groups is 1. The molecule has 1 atom stereocenters. The summed E-state index contributed by atoms with van der Waals surface area (Å²) in [5.41, 5.74) is 1.03. The number of hydrogen-bond acceptors (Lipinski definition) is 4. The van der Waals surface area contributed by atoms with Gasteiger partial charge >= 0.3 is 0 Å². The monoisotopic (exact) mass is 260 g/mol. The number of morpholine rings is 1. The SMILES string of the molecule is O=C1c2ccccc2C(=O)N1CCC1COCCN1. The lowest BCUT2D eigenvalue weighted by Gasteiger charge is -2.25. The first-order valence-electron chi connectivity index (χ1n) is 6.54. The molecule has 100 valence electrons. The zero-order valence-corrected chi connectivity index (χ0v) is 10.6. The van der Waals surface area contributed by atoms with Gasteiger partial charge in [0, 0.05) is 19.1 Å². The second kappa shape index (κ2) is 5.11. The molecule has 1 aromatic rings. The Balaban J connectivity index is 1.67. The molecule has 5 heteroatoms. The highest BCUT2D eigenvalue weighted by atomic mass is 16.5. The summed E-state index contributed by atoms with van der Waals surface area (Å²) < 4.78 is 5.36. The van der Waals surface area contributed by atoms with Gasteiger partial charge in [-0.1, -0.05) is 12.1 Å². The van der Waals surface area contributed by atoms with Gasteiger partial charge in [-0.25, -0.2) is 0 Å². The molecule has 2 amide bonds. The average molecular weight is 260 g/mol. The van der Waals surface area contributed by atoms with E-state index in [1.54, 1.807) is 24.3 Å². The molecule has 1 unspecified atom stereocenters. The summed E-state index contributed by atoms with van der Waals surface area (Å²) in [4.78, 5) is 25.6. The molecule has 0 aliphatic carbocycles. The predicted octanol–water partition coefficient (Wildman–Crippen LogP) is 0.661. The highest BCUT2D eigenvalue weighted by molar-refractivity contribution is 6.21. The number of nitrogens with zero attached hydrogens (tertiary/aromatic N) is 1. The van der Waals surface area contributed by atoms with Crippen LogP contribution in [0.1, 0.15) is 27.1 Å². The molecule has 0 saturated carbocycles. The van der Waals surface area contributed by atoms with Crippen LogP contribution in [0.2, 0.25) is 0 Å². The van der Waals surface area contributed by atoms with Crippen molar-refractivity contribution in [3.8, 4) is 0 Å². The second-order valence-corrected chi connectivity index (χ2v) is 4.82. The Kier molecular flexibility index (Phi) is 3.31. The molecule has 1 aromatic carbocycles. The van der Waals surface area contributed by atoms with Crippen LogP contribution in [0.15, 0.2) is 24.3 Å². The molecule has 0 bridgehead atoms. The normalized spacial score (nSPS) is 22.7. The molecule has 1 fully saturated rings. The van der Waals surface area contributed by atoms with E-state index in [1.165, 1.54) is 4.90 Å². The van der Waals surface area contributed by atoms with Crippen LogP contribution in [-0.4, -0.2) is 49.1 Å². The van der Waals surface area contributed by atoms with Gasteiger partial charge in [0.25, 0.3) is 11.8 Å². The maximum atomic E-state index is 12.1. The molecule has 3 rings (SSSR count). The van der Waals surface area contributed by atoms with Crippen LogP contribution in [0.4, 0.5) is 0 Å². The lowest BCUT2D eigenvalue weighted by atomic mass is 10.1. The van der Waals surface area contributed by atoms with Gasteiger partial charge in [-0.15, -0.1) is 0 Å².